The number of rotatable bonds is 2. The van der Waals surface area contributed by atoms with E-state index in [1.807, 2.05) is 31.2 Å². The van der Waals surface area contributed by atoms with Gasteiger partial charge in [-0.15, -0.1) is 0 Å². The molecule has 0 amide bonds. The van der Waals surface area contributed by atoms with Gasteiger partial charge in [0.1, 0.15) is 5.75 Å². The van der Waals surface area contributed by atoms with Crippen molar-refractivity contribution in [3.63, 3.8) is 0 Å². The highest BCUT2D eigenvalue weighted by molar-refractivity contribution is 6.22. The standard InChI is InChI=1S/C19H20N2O/c1-12-9-13(2)19-17(10-12)18(11-14(3)20-19)21-15-5-7-16(22-4)8-6-15/h5-11,17H,1-4H3. The second kappa shape index (κ2) is 5.76. The van der Waals surface area contributed by atoms with Crippen molar-refractivity contribution < 1.29 is 4.74 Å². The minimum absolute atomic E-state index is 0.149. The third-order valence-corrected chi connectivity index (χ3v) is 3.88. The number of aliphatic imine (C=N–C) groups is 2. The summed E-state index contributed by atoms with van der Waals surface area (Å²) in [5.74, 6) is 0.990. The van der Waals surface area contributed by atoms with E-state index < -0.39 is 0 Å². The molecule has 0 aromatic heterocycles. The highest BCUT2D eigenvalue weighted by Gasteiger charge is 2.26. The molecule has 1 unspecified atom stereocenters. The molecule has 3 heteroatoms. The second-order valence-corrected chi connectivity index (χ2v) is 5.73. The summed E-state index contributed by atoms with van der Waals surface area (Å²) in [7, 11) is 1.67. The van der Waals surface area contributed by atoms with Gasteiger partial charge in [0.05, 0.1) is 30.1 Å². The Hall–Kier alpha value is -2.42. The van der Waals surface area contributed by atoms with Crippen LogP contribution < -0.4 is 4.74 Å². The summed E-state index contributed by atoms with van der Waals surface area (Å²) < 4.78 is 5.19. The molecule has 22 heavy (non-hydrogen) atoms. The average Bonchev–Trinajstić information content (AvgIpc) is 2.49. The number of hydrogen-bond donors (Lipinski definition) is 0. The van der Waals surface area contributed by atoms with Gasteiger partial charge in [0.25, 0.3) is 0 Å². The Bertz CT molecular complexity index is 746. The van der Waals surface area contributed by atoms with E-state index in [1.54, 1.807) is 7.11 Å². The molecule has 0 fully saturated rings. The van der Waals surface area contributed by atoms with E-state index in [4.69, 9.17) is 14.7 Å². The minimum Gasteiger partial charge on any atom is -0.497 e. The number of ether oxygens (including phenoxy) is 1. The van der Waals surface area contributed by atoms with Crippen LogP contribution >= 0.6 is 0 Å². The number of benzene rings is 1. The molecule has 1 heterocycles. The number of fused-ring (bicyclic) bond motifs is 1. The van der Waals surface area contributed by atoms with Crippen molar-refractivity contribution in [2.45, 2.75) is 20.8 Å². The summed E-state index contributed by atoms with van der Waals surface area (Å²) in [6.07, 6.45) is 6.48. The van der Waals surface area contributed by atoms with Gasteiger partial charge >= 0.3 is 0 Å². The monoisotopic (exact) mass is 292 g/mol. The molecule has 0 radical (unpaired) electrons. The molecular weight excluding hydrogens is 272 g/mol. The molecule has 1 atom stereocenters. The van der Waals surface area contributed by atoms with E-state index in [1.165, 1.54) is 11.1 Å². The first kappa shape index (κ1) is 14.5. The summed E-state index contributed by atoms with van der Waals surface area (Å²) in [5.41, 5.74) is 6.56. The molecular formula is C19H20N2O. The molecule has 1 aliphatic carbocycles. The van der Waals surface area contributed by atoms with Crippen molar-refractivity contribution in [2.75, 3.05) is 7.11 Å². The SMILES string of the molecule is COc1ccc(N=C2C=C(C)N=C3C(C)=CC(C)=CC23)cc1. The lowest BCUT2D eigenvalue weighted by Crippen LogP contribution is -2.27. The highest BCUT2D eigenvalue weighted by Crippen LogP contribution is 2.29. The van der Waals surface area contributed by atoms with Crippen LogP contribution in [0.5, 0.6) is 5.75 Å². The van der Waals surface area contributed by atoms with Crippen molar-refractivity contribution in [3.8, 4) is 5.75 Å². The van der Waals surface area contributed by atoms with Crippen LogP contribution in [-0.2, 0) is 0 Å². The van der Waals surface area contributed by atoms with Crippen molar-refractivity contribution in [3.05, 3.63) is 59.3 Å². The molecule has 112 valence electrons. The van der Waals surface area contributed by atoms with Gasteiger partial charge in [-0.3, -0.25) is 9.98 Å². The zero-order valence-electron chi connectivity index (χ0n) is 13.4. The maximum atomic E-state index is 5.19. The van der Waals surface area contributed by atoms with Crippen LogP contribution in [0.15, 0.2) is 69.3 Å². The largest absolute Gasteiger partial charge is 0.497 e. The maximum absolute atomic E-state index is 5.19. The number of hydrogen-bond acceptors (Lipinski definition) is 3. The molecule has 0 N–H and O–H groups in total. The molecule has 1 aromatic carbocycles. The van der Waals surface area contributed by atoms with Gasteiger partial charge in [0, 0.05) is 5.70 Å². The van der Waals surface area contributed by atoms with Crippen LogP contribution in [0.2, 0.25) is 0 Å². The van der Waals surface area contributed by atoms with E-state index in [0.717, 1.165) is 28.6 Å². The topological polar surface area (TPSA) is 34.0 Å². The molecule has 0 saturated heterocycles. The zero-order valence-corrected chi connectivity index (χ0v) is 13.4. The molecule has 0 spiro atoms. The fourth-order valence-electron chi connectivity index (χ4n) is 2.87. The van der Waals surface area contributed by atoms with Gasteiger partial charge < -0.3 is 4.74 Å². The second-order valence-electron chi connectivity index (χ2n) is 5.73. The van der Waals surface area contributed by atoms with Crippen molar-refractivity contribution in [1.82, 2.24) is 0 Å². The summed E-state index contributed by atoms with van der Waals surface area (Å²) in [5, 5.41) is 0. The van der Waals surface area contributed by atoms with Gasteiger partial charge in [-0.1, -0.05) is 17.7 Å². The van der Waals surface area contributed by atoms with Crippen LogP contribution in [0.25, 0.3) is 0 Å². The number of allylic oxidation sites excluding steroid dienone is 6. The van der Waals surface area contributed by atoms with E-state index in [0.29, 0.717) is 0 Å². The molecule has 3 nitrogen and oxygen atoms in total. The van der Waals surface area contributed by atoms with Crippen LogP contribution in [0.4, 0.5) is 5.69 Å². The van der Waals surface area contributed by atoms with Crippen LogP contribution in [0.1, 0.15) is 20.8 Å². The fraction of sp³-hybridized carbons (Fsp3) is 0.263. The lowest BCUT2D eigenvalue weighted by atomic mass is 9.84. The lowest BCUT2D eigenvalue weighted by molar-refractivity contribution is 0.415. The van der Waals surface area contributed by atoms with Gasteiger partial charge in [0.2, 0.25) is 0 Å². The van der Waals surface area contributed by atoms with E-state index in [2.05, 4.69) is 32.1 Å². The predicted octanol–water partition coefficient (Wildman–Crippen LogP) is 4.65. The quantitative estimate of drug-likeness (QED) is 0.781. The minimum atomic E-state index is 0.149. The Balaban J connectivity index is 2.01. The zero-order chi connectivity index (χ0) is 15.7. The van der Waals surface area contributed by atoms with E-state index in [9.17, 15) is 0 Å². The Morgan fingerprint density at radius 1 is 1.05 bits per heavy atom. The van der Waals surface area contributed by atoms with Crippen LogP contribution in [0, 0.1) is 5.92 Å². The van der Waals surface area contributed by atoms with E-state index in [-0.39, 0.29) is 5.92 Å². The molecule has 2 aliphatic rings. The summed E-state index contributed by atoms with van der Waals surface area (Å²) in [6.45, 7) is 6.26. The van der Waals surface area contributed by atoms with Gasteiger partial charge in [0.15, 0.2) is 0 Å². The fourth-order valence-corrected chi connectivity index (χ4v) is 2.87. The maximum Gasteiger partial charge on any atom is 0.119 e. The Morgan fingerprint density at radius 3 is 2.45 bits per heavy atom. The molecule has 3 rings (SSSR count). The summed E-state index contributed by atoms with van der Waals surface area (Å²) >= 11 is 0. The van der Waals surface area contributed by atoms with Crippen molar-refractivity contribution in [1.29, 1.82) is 0 Å². The Kier molecular flexibility index (Phi) is 3.80. The molecule has 1 aliphatic heterocycles. The highest BCUT2D eigenvalue weighted by atomic mass is 16.5. The van der Waals surface area contributed by atoms with Crippen molar-refractivity contribution >= 4 is 17.1 Å². The molecule has 0 saturated carbocycles. The summed E-state index contributed by atoms with van der Waals surface area (Å²) in [6, 6.07) is 7.81. The third kappa shape index (κ3) is 2.80. The lowest BCUT2D eigenvalue weighted by Gasteiger charge is -2.25. The van der Waals surface area contributed by atoms with Crippen LogP contribution in [0.3, 0.4) is 0 Å². The number of methoxy groups -OCH3 is 1. The van der Waals surface area contributed by atoms with Crippen LogP contribution in [-0.4, -0.2) is 18.5 Å². The van der Waals surface area contributed by atoms with Gasteiger partial charge in [-0.25, -0.2) is 0 Å². The molecule has 0 bridgehead atoms. The van der Waals surface area contributed by atoms with Gasteiger partial charge in [-0.2, -0.15) is 0 Å². The Labute approximate surface area is 131 Å². The summed E-state index contributed by atoms with van der Waals surface area (Å²) in [4.78, 5) is 9.53. The molecule has 1 aromatic rings. The normalized spacial score (nSPS) is 22.4. The number of nitrogens with zero attached hydrogens (tertiary/aromatic N) is 2. The average molecular weight is 292 g/mol. The van der Waals surface area contributed by atoms with Crippen molar-refractivity contribution in [2.24, 2.45) is 15.9 Å². The first-order valence-electron chi connectivity index (χ1n) is 7.43. The third-order valence-electron chi connectivity index (χ3n) is 3.88. The smallest absolute Gasteiger partial charge is 0.119 e. The first-order valence-corrected chi connectivity index (χ1v) is 7.43. The van der Waals surface area contributed by atoms with E-state index >= 15 is 0 Å². The Morgan fingerprint density at radius 2 is 1.77 bits per heavy atom. The van der Waals surface area contributed by atoms with Gasteiger partial charge in [-0.05, 0) is 56.7 Å². The predicted molar refractivity (Wildman–Crippen MR) is 92.3 cm³/mol. The first-order chi connectivity index (χ1) is 10.6.